The van der Waals surface area contributed by atoms with Crippen LogP contribution in [0.4, 0.5) is 5.69 Å². The van der Waals surface area contributed by atoms with Crippen LogP contribution in [0.15, 0.2) is 24.3 Å². The molecule has 1 aliphatic rings. The monoisotopic (exact) mass is 289 g/mol. The van der Waals surface area contributed by atoms with Gasteiger partial charge in [0.1, 0.15) is 12.1 Å². The standard InChI is InChI=1S/C16H23N3O2/c1-4-19(5-2)16(21)11(3)17-15(20)14-10-12-8-6-7-9-13(12)18-14/h6-9,11,14,18H,4-5,10H2,1-3H3,(H,17,20)/t11?,14-/m0/s1. The van der Waals surface area contributed by atoms with Crippen LogP contribution in [0.3, 0.4) is 0 Å². The second-order valence-electron chi connectivity index (χ2n) is 5.30. The van der Waals surface area contributed by atoms with Crippen molar-refractivity contribution in [2.24, 2.45) is 0 Å². The summed E-state index contributed by atoms with van der Waals surface area (Å²) < 4.78 is 0. The lowest BCUT2D eigenvalue weighted by atomic mass is 10.1. The maximum atomic E-state index is 12.3. The van der Waals surface area contributed by atoms with Gasteiger partial charge in [-0.2, -0.15) is 0 Å². The molecular formula is C16H23N3O2. The molecule has 2 rings (SSSR count). The molecule has 21 heavy (non-hydrogen) atoms. The molecule has 0 bridgehead atoms. The minimum Gasteiger partial charge on any atom is -0.373 e. The van der Waals surface area contributed by atoms with Crippen molar-refractivity contribution in [3.63, 3.8) is 0 Å². The number of amides is 2. The average molecular weight is 289 g/mol. The van der Waals surface area contributed by atoms with Crippen LogP contribution in [-0.4, -0.2) is 41.9 Å². The molecule has 1 unspecified atom stereocenters. The molecule has 0 fully saturated rings. The number of hydrogen-bond donors (Lipinski definition) is 2. The number of likely N-dealkylation sites (N-methyl/N-ethyl adjacent to an activating group) is 1. The summed E-state index contributed by atoms with van der Waals surface area (Å²) in [7, 11) is 0. The number of benzene rings is 1. The first-order valence-electron chi connectivity index (χ1n) is 7.50. The summed E-state index contributed by atoms with van der Waals surface area (Å²) >= 11 is 0. The Morgan fingerprint density at radius 3 is 2.62 bits per heavy atom. The molecule has 2 N–H and O–H groups in total. The molecule has 1 heterocycles. The Kier molecular flexibility index (Phi) is 4.83. The Morgan fingerprint density at radius 1 is 1.33 bits per heavy atom. The predicted molar refractivity (Wildman–Crippen MR) is 83.1 cm³/mol. The number of hydrogen-bond acceptors (Lipinski definition) is 3. The number of rotatable bonds is 5. The van der Waals surface area contributed by atoms with E-state index >= 15 is 0 Å². The zero-order valence-electron chi connectivity index (χ0n) is 12.8. The van der Waals surface area contributed by atoms with Crippen molar-refractivity contribution in [2.45, 2.75) is 39.3 Å². The molecule has 5 heteroatoms. The van der Waals surface area contributed by atoms with Gasteiger partial charge in [-0.15, -0.1) is 0 Å². The van der Waals surface area contributed by atoms with Gasteiger partial charge in [0.2, 0.25) is 11.8 Å². The molecule has 0 saturated heterocycles. The van der Waals surface area contributed by atoms with E-state index < -0.39 is 6.04 Å². The Morgan fingerprint density at radius 2 is 2.00 bits per heavy atom. The maximum Gasteiger partial charge on any atom is 0.244 e. The number of fused-ring (bicyclic) bond motifs is 1. The van der Waals surface area contributed by atoms with Crippen molar-refractivity contribution in [1.29, 1.82) is 0 Å². The van der Waals surface area contributed by atoms with E-state index in [1.54, 1.807) is 11.8 Å². The number of carbonyl (C=O) groups is 2. The zero-order chi connectivity index (χ0) is 15.4. The second kappa shape index (κ2) is 6.61. The van der Waals surface area contributed by atoms with Gasteiger partial charge in [-0.05, 0) is 32.4 Å². The fraction of sp³-hybridized carbons (Fsp3) is 0.500. The van der Waals surface area contributed by atoms with E-state index in [0.717, 1.165) is 11.3 Å². The number of para-hydroxylation sites is 1. The third-order valence-corrected chi connectivity index (χ3v) is 3.89. The number of anilines is 1. The highest BCUT2D eigenvalue weighted by Gasteiger charge is 2.29. The van der Waals surface area contributed by atoms with Crippen LogP contribution < -0.4 is 10.6 Å². The van der Waals surface area contributed by atoms with Gasteiger partial charge >= 0.3 is 0 Å². The Labute approximate surface area is 125 Å². The molecule has 2 amide bonds. The number of nitrogens with one attached hydrogen (secondary N) is 2. The topological polar surface area (TPSA) is 61.4 Å². The Bertz CT molecular complexity index is 501. The normalized spacial score (nSPS) is 17.6. The van der Waals surface area contributed by atoms with Crippen LogP contribution >= 0.6 is 0 Å². The molecule has 1 aliphatic heterocycles. The average Bonchev–Trinajstić information content (AvgIpc) is 2.92. The maximum absolute atomic E-state index is 12.3. The van der Waals surface area contributed by atoms with Gasteiger partial charge in [-0.25, -0.2) is 0 Å². The number of carbonyl (C=O) groups excluding carboxylic acids is 2. The number of nitrogens with zero attached hydrogens (tertiary/aromatic N) is 1. The van der Waals surface area contributed by atoms with Gasteiger partial charge in [-0.1, -0.05) is 18.2 Å². The SMILES string of the molecule is CCN(CC)C(=O)C(C)NC(=O)[C@@H]1Cc2ccccc2N1. The minimum absolute atomic E-state index is 0.0381. The van der Waals surface area contributed by atoms with Gasteiger partial charge in [0.05, 0.1) is 0 Å². The summed E-state index contributed by atoms with van der Waals surface area (Å²) in [6, 6.07) is 7.09. The van der Waals surface area contributed by atoms with Crippen molar-refractivity contribution in [3.05, 3.63) is 29.8 Å². The predicted octanol–water partition coefficient (Wildman–Crippen LogP) is 1.40. The molecule has 1 aromatic carbocycles. The van der Waals surface area contributed by atoms with E-state index in [1.165, 1.54) is 0 Å². The molecule has 0 radical (unpaired) electrons. The molecule has 0 saturated carbocycles. The van der Waals surface area contributed by atoms with Crippen molar-refractivity contribution in [3.8, 4) is 0 Å². The van der Waals surface area contributed by atoms with Gasteiger partial charge in [0.25, 0.3) is 0 Å². The Balaban J connectivity index is 1.93. The lowest BCUT2D eigenvalue weighted by Crippen LogP contribution is -2.50. The lowest BCUT2D eigenvalue weighted by Gasteiger charge is -2.24. The van der Waals surface area contributed by atoms with Crippen LogP contribution in [0.2, 0.25) is 0 Å². The summed E-state index contributed by atoms with van der Waals surface area (Å²) in [4.78, 5) is 26.2. The van der Waals surface area contributed by atoms with Crippen molar-refractivity contribution in [1.82, 2.24) is 10.2 Å². The highest BCUT2D eigenvalue weighted by atomic mass is 16.2. The van der Waals surface area contributed by atoms with E-state index in [4.69, 9.17) is 0 Å². The molecular weight excluding hydrogens is 266 g/mol. The van der Waals surface area contributed by atoms with Gasteiger partial charge in [0, 0.05) is 25.2 Å². The third-order valence-electron chi connectivity index (χ3n) is 3.89. The largest absolute Gasteiger partial charge is 0.373 e. The molecule has 5 nitrogen and oxygen atoms in total. The van der Waals surface area contributed by atoms with Crippen LogP contribution in [0.25, 0.3) is 0 Å². The first kappa shape index (κ1) is 15.4. The van der Waals surface area contributed by atoms with E-state index in [0.29, 0.717) is 19.5 Å². The van der Waals surface area contributed by atoms with Gasteiger partial charge < -0.3 is 15.5 Å². The molecule has 0 aliphatic carbocycles. The minimum atomic E-state index is -0.497. The summed E-state index contributed by atoms with van der Waals surface area (Å²) in [5, 5.41) is 6.01. The molecule has 0 aromatic heterocycles. The molecule has 114 valence electrons. The van der Waals surface area contributed by atoms with Gasteiger partial charge in [0.15, 0.2) is 0 Å². The first-order valence-corrected chi connectivity index (χ1v) is 7.50. The third kappa shape index (κ3) is 3.35. The van der Waals surface area contributed by atoms with Crippen LogP contribution in [-0.2, 0) is 16.0 Å². The Hall–Kier alpha value is -2.04. The second-order valence-corrected chi connectivity index (χ2v) is 5.30. The first-order chi connectivity index (χ1) is 10.1. The van der Waals surface area contributed by atoms with E-state index in [2.05, 4.69) is 10.6 Å². The highest BCUT2D eigenvalue weighted by molar-refractivity contribution is 5.92. The molecule has 2 atom stereocenters. The van der Waals surface area contributed by atoms with Crippen LogP contribution in [0, 0.1) is 0 Å². The highest BCUT2D eigenvalue weighted by Crippen LogP contribution is 2.25. The summed E-state index contributed by atoms with van der Waals surface area (Å²) in [5.41, 5.74) is 2.14. The zero-order valence-corrected chi connectivity index (χ0v) is 12.8. The quantitative estimate of drug-likeness (QED) is 0.861. The summed E-state index contributed by atoms with van der Waals surface area (Å²) in [6.07, 6.45) is 0.661. The van der Waals surface area contributed by atoms with Crippen LogP contribution in [0.5, 0.6) is 0 Å². The van der Waals surface area contributed by atoms with Crippen molar-refractivity contribution in [2.75, 3.05) is 18.4 Å². The van der Waals surface area contributed by atoms with Crippen molar-refractivity contribution < 1.29 is 9.59 Å². The summed E-state index contributed by atoms with van der Waals surface area (Å²) in [6.45, 7) is 6.92. The van der Waals surface area contributed by atoms with Gasteiger partial charge in [-0.3, -0.25) is 9.59 Å². The fourth-order valence-corrected chi connectivity index (χ4v) is 2.64. The summed E-state index contributed by atoms with van der Waals surface area (Å²) in [5.74, 6) is -0.164. The molecule has 0 spiro atoms. The fourth-order valence-electron chi connectivity index (χ4n) is 2.64. The lowest BCUT2D eigenvalue weighted by molar-refractivity contribution is -0.135. The van der Waals surface area contributed by atoms with E-state index in [-0.39, 0.29) is 17.9 Å². The van der Waals surface area contributed by atoms with E-state index in [1.807, 2.05) is 38.1 Å². The van der Waals surface area contributed by atoms with E-state index in [9.17, 15) is 9.59 Å². The van der Waals surface area contributed by atoms with Crippen LogP contribution in [0.1, 0.15) is 26.3 Å². The van der Waals surface area contributed by atoms with Crippen molar-refractivity contribution >= 4 is 17.5 Å². The smallest absolute Gasteiger partial charge is 0.244 e. The molecule has 1 aromatic rings.